The Labute approximate surface area is 263 Å². The van der Waals surface area contributed by atoms with Crippen LogP contribution in [0.5, 0.6) is 0 Å². The van der Waals surface area contributed by atoms with E-state index in [0.717, 1.165) is 38.0 Å². The minimum absolute atomic E-state index is 0.0571. The third-order valence-corrected chi connectivity index (χ3v) is 8.53. The number of fused-ring (bicyclic) bond motifs is 1. The van der Waals surface area contributed by atoms with Crippen LogP contribution >= 0.6 is 23.2 Å². The van der Waals surface area contributed by atoms with Gasteiger partial charge in [-0.3, -0.25) is 4.98 Å². The van der Waals surface area contributed by atoms with Gasteiger partial charge in [-0.15, -0.1) is 5.10 Å². The van der Waals surface area contributed by atoms with E-state index in [9.17, 15) is 14.0 Å². The minimum Gasteiger partial charge on any atom is -0.373 e. The molecule has 1 unspecified atom stereocenters. The summed E-state index contributed by atoms with van der Waals surface area (Å²) in [5.41, 5.74) is 3.70. The van der Waals surface area contributed by atoms with Crippen LogP contribution in [-0.4, -0.2) is 44.5 Å². The zero-order valence-corrected chi connectivity index (χ0v) is 25.2. The summed E-state index contributed by atoms with van der Waals surface area (Å²) in [6, 6.07) is 15.9. The lowest BCUT2D eigenvalue weighted by molar-refractivity contribution is 0.186. The second-order valence-electron chi connectivity index (χ2n) is 10.7. The number of nitriles is 1. The zero-order chi connectivity index (χ0) is 30.8. The SMILES string of the molecule is CCN1CCC(n2cc(C(Nc3cc(Cl)c4ncc(C#N)c(Nc5ccc(F)c(Cl)c5)c4c3)c3ccc(F)cc3)nn2)CC1. The van der Waals surface area contributed by atoms with Crippen molar-refractivity contribution < 1.29 is 8.78 Å². The van der Waals surface area contributed by atoms with Gasteiger partial charge in [0, 0.05) is 36.0 Å². The van der Waals surface area contributed by atoms with Crippen LogP contribution in [0.15, 0.2) is 67.0 Å². The van der Waals surface area contributed by atoms with Crippen molar-refractivity contribution in [1.82, 2.24) is 24.9 Å². The molecule has 1 aliphatic heterocycles. The number of hydrogen-bond acceptors (Lipinski definition) is 7. The van der Waals surface area contributed by atoms with Crippen LogP contribution in [-0.2, 0) is 0 Å². The first kappa shape index (κ1) is 29.8. The molecule has 1 aliphatic rings. The number of anilines is 3. The van der Waals surface area contributed by atoms with Crippen LogP contribution in [0.2, 0.25) is 10.0 Å². The molecule has 0 saturated carbocycles. The van der Waals surface area contributed by atoms with Gasteiger partial charge in [0.25, 0.3) is 0 Å². The standard InChI is InChI=1S/C32H28Cl2F2N8/c1-2-43-11-9-24(10-12-43)44-18-29(41-42-44)31(19-3-5-21(35)6-4-19)40-23-13-25-30(39-22-7-8-28(36)26(33)14-22)20(16-37)17-38-32(25)27(34)15-23/h3-8,13-15,17-18,24,31,40H,2,9-12H2,1H3,(H,38,39). The molecule has 8 nitrogen and oxygen atoms in total. The number of nitrogens with one attached hydrogen (secondary N) is 2. The van der Waals surface area contributed by atoms with Crippen molar-refractivity contribution in [2.45, 2.75) is 31.8 Å². The van der Waals surface area contributed by atoms with E-state index in [2.05, 4.69) is 43.8 Å². The lowest BCUT2D eigenvalue weighted by Gasteiger charge is -2.30. The molecule has 0 aliphatic carbocycles. The molecule has 1 fully saturated rings. The van der Waals surface area contributed by atoms with Crippen molar-refractivity contribution >= 4 is 51.2 Å². The molecule has 1 atom stereocenters. The molecule has 0 radical (unpaired) electrons. The van der Waals surface area contributed by atoms with Crippen molar-refractivity contribution in [2.75, 3.05) is 30.3 Å². The van der Waals surface area contributed by atoms with Crippen molar-refractivity contribution in [2.24, 2.45) is 0 Å². The van der Waals surface area contributed by atoms with Crippen LogP contribution in [0.4, 0.5) is 25.8 Å². The first-order valence-electron chi connectivity index (χ1n) is 14.2. The molecule has 2 N–H and O–H groups in total. The fourth-order valence-electron chi connectivity index (χ4n) is 5.53. The van der Waals surface area contributed by atoms with Crippen LogP contribution in [0.25, 0.3) is 10.9 Å². The van der Waals surface area contributed by atoms with E-state index in [0.29, 0.717) is 38.7 Å². The molecular weight excluding hydrogens is 605 g/mol. The predicted octanol–water partition coefficient (Wildman–Crippen LogP) is 7.88. The Morgan fingerprint density at radius 3 is 2.48 bits per heavy atom. The number of likely N-dealkylation sites (tertiary alicyclic amines) is 1. The Morgan fingerprint density at radius 1 is 1.02 bits per heavy atom. The van der Waals surface area contributed by atoms with Gasteiger partial charge in [0.05, 0.1) is 45.1 Å². The topological polar surface area (TPSA) is 94.7 Å². The largest absolute Gasteiger partial charge is 0.373 e. The van der Waals surface area contributed by atoms with Gasteiger partial charge in [-0.25, -0.2) is 13.5 Å². The highest BCUT2D eigenvalue weighted by Gasteiger charge is 2.24. The summed E-state index contributed by atoms with van der Waals surface area (Å²) in [4.78, 5) is 6.84. The smallest absolute Gasteiger partial charge is 0.141 e. The minimum atomic E-state index is -0.554. The Bertz CT molecular complexity index is 1850. The Hall–Kier alpha value is -4.30. The van der Waals surface area contributed by atoms with E-state index in [-0.39, 0.29) is 22.4 Å². The van der Waals surface area contributed by atoms with Gasteiger partial charge in [0.2, 0.25) is 0 Å². The van der Waals surface area contributed by atoms with Gasteiger partial charge in [-0.1, -0.05) is 47.5 Å². The number of halogens is 4. The van der Waals surface area contributed by atoms with Crippen molar-refractivity contribution in [3.05, 3.63) is 105 Å². The molecule has 0 amide bonds. The summed E-state index contributed by atoms with van der Waals surface area (Å²) in [5, 5.41) is 26.4. The average molecular weight is 634 g/mol. The average Bonchev–Trinajstić information content (AvgIpc) is 3.52. The highest BCUT2D eigenvalue weighted by atomic mass is 35.5. The number of aromatic nitrogens is 4. The van der Waals surface area contributed by atoms with Crippen LogP contribution in [0, 0.1) is 23.0 Å². The Morgan fingerprint density at radius 2 is 1.77 bits per heavy atom. The van der Waals surface area contributed by atoms with E-state index in [1.54, 1.807) is 18.2 Å². The molecule has 3 aromatic carbocycles. The highest BCUT2D eigenvalue weighted by molar-refractivity contribution is 6.36. The molecule has 224 valence electrons. The number of rotatable bonds is 8. The van der Waals surface area contributed by atoms with E-state index in [1.165, 1.54) is 36.5 Å². The van der Waals surface area contributed by atoms with E-state index >= 15 is 0 Å². The first-order valence-corrected chi connectivity index (χ1v) is 15.0. The molecular formula is C32H28Cl2F2N8. The van der Waals surface area contributed by atoms with Crippen molar-refractivity contribution in [3.63, 3.8) is 0 Å². The molecule has 0 spiro atoms. The number of nitrogens with zero attached hydrogens (tertiary/aromatic N) is 6. The predicted molar refractivity (Wildman–Crippen MR) is 168 cm³/mol. The van der Waals surface area contributed by atoms with Crippen LogP contribution in [0.1, 0.15) is 48.7 Å². The molecule has 6 rings (SSSR count). The maximum absolute atomic E-state index is 13.9. The van der Waals surface area contributed by atoms with Gasteiger partial charge < -0.3 is 15.5 Å². The lowest BCUT2D eigenvalue weighted by Crippen LogP contribution is -2.34. The normalized spacial score (nSPS) is 14.8. The first-order chi connectivity index (χ1) is 21.3. The third kappa shape index (κ3) is 6.17. The highest BCUT2D eigenvalue weighted by Crippen LogP contribution is 2.37. The zero-order valence-electron chi connectivity index (χ0n) is 23.7. The quantitative estimate of drug-likeness (QED) is 0.180. The summed E-state index contributed by atoms with van der Waals surface area (Å²) in [6.45, 7) is 5.20. The van der Waals surface area contributed by atoms with Gasteiger partial charge >= 0.3 is 0 Å². The molecule has 1 saturated heterocycles. The summed E-state index contributed by atoms with van der Waals surface area (Å²) in [7, 11) is 0. The third-order valence-electron chi connectivity index (χ3n) is 7.95. The van der Waals surface area contributed by atoms with Gasteiger partial charge in [-0.2, -0.15) is 5.26 Å². The van der Waals surface area contributed by atoms with E-state index in [1.807, 2.05) is 16.9 Å². The summed E-state index contributed by atoms with van der Waals surface area (Å²) in [5.74, 6) is -0.902. The molecule has 5 aromatic rings. The Kier molecular flexibility index (Phi) is 8.62. The fraction of sp³-hybridized carbons (Fsp3) is 0.250. The number of pyridine rings is 1. The molecule has 3 heterocycles. The van der Waals surface area contributed by atoms with E-state index < -0.39 is 11.9 Å². The fourth-order valence-corrected chi connectivity index (χ4v) is 5.98. The lowest BCUT2D eigenvalue weighted by atomic mass is 10.0. The van der Waals surface area contributed by atoms with E-state index in [4.69, 9.17) is 23.2 Å². The van der Waals surface area contributed by atoms with Crippen molar-refractivity contribution in [3.8, 4) is 6.07 Å². The maximum atomic E-state index is 13.9. The summed E-state index contributed by atoms with van der Waals surface area (Å²) in [6.07, 6.45) is 5.33. The number of piperidine rings is 1. The van der Waals surface area contributed by atoms with Gasteiger partial charge in [0.15, 0.2) is 0 Å². The number of hydrogen-bond donors (Lipinski definition) is 2. The Balaban J connectivity index is 1.38. The number of benzene rings is 3. The second kappa shape index (κ2) is 12.7. The molecule has 44 heavy (non-hydrogen) atoms. The second-order valence-corrected chi connectivity index (χ2v) is 11.5. The van der Waals surface area contributed by atoms with Gasteiger partial charge in [0.1, 0.15) is 23.4 Å². The van der Waals surface area contributed by atoms with Crippen LogP contribution < -0.4 is 10.6 Å². The molecule has 0 bridgehead atoms. The molecule has 2 aromatic heterocycles. The monoisotopic (exact) mass is 632 g/mol. The summed E-state index contributed by atoms with van der Waals surface area (Å²) >= 11 is 12.7. The van der Waals surface area contributed by atoms with Crippen LogP contribution in [0.3, 0.4) is 0 Å². The maximum Gasteiger partial charge on any atom is 0.141 e. The summed E-state index contributed by atoms with van der Waals surface area (Å²) < 4.78 is 29.7. The van der Waals surface area contributed by atoms with Crippen molar-refractivity contribution in [1.29, 1.82) is 5.26 Å². The van der Waals surface area contributed by atoms with Gasteiger partial charge in [-0.05, 0) is 67.4 Å². The molecule has 12 heteroatoms.